The van der Waals surface area contributed by atoms with E-state index in [0.717, 1.165) is 0 Å². The van der Waals surface area contributed by atoms with Crippen molar-refractivity contribution < 1.29 is 19.8 Å². The molecule has 0 saturated carbocycles. The van der Waals surface area contributed by atoms with E-state index in [9.17, 15) is 9.59 Å². The van der Waals surface area contributed by atoms with Gasteiger partial charge in [0.25, 0.3) is 0 Å². The predicted molar refractivity (Wildman–Crippen MR) is 65.3 cm³/mol. The van der Waals surface area contributed by atoms with E-state index < -0.39 is 11.9 Å². The summed E-state index contributed by atoms with van der Waals surface area (Å²) in [5.41, 5.74) is 0.161. The van der Waals surface area contributed by atoms with Crippen LogP contribution in [-0.2, 0) is 0 Å². The van der Waals surface area contributed by atoms with Crippen LogP contribution < -0.4 is 0 Å². The van der Waals surface area contributed by atoms with Gasteiger partial charge in [-0.05, 0) is 18.2 Å². The van der Waals surface area contributed by atoms with Crippen molar-refractivity contribution in [2.24, 2.45) is 0 Å². The van der Waals surface area contributed by atoms with Crippen molar-refractivity contribution in [2.75, 3.05) is 0 Å². The van der Waals surface area contributed by atoms with Crippen LogP contribution in [-0.4, -0.2) is 22.2 Å². The lowest BCUT2D eigenvalue weighted by Gasteiger charge is -2.00. The van der Waals surface area contributed by atoms with Crippen molar-refractivity contribution in [3.8, 4) is 24.2 Å². The number of hydrogen-bond donors (Lipinski definition) is 2. The quantitative estimate of drug-likeness (QED) is 0.626. The maximum atomic E-state index is 10.9. The Bertz CT molecular complexity index is 582. The molecule has 0 heterocycles. The van der Waals surface area contributed by atoms with Gasteiger partial charge in [-0.1, -0.05) is 11.8 Å². The molecule has 0 aliphatic rings. The third kappa shape index (κ3) is 3.40. The summed E-state index contributed by atoms with van der Waals surface area (Å²) in [5.74, 6) is 5.49. The van der Waals surface area contributed by atoms with Gasteiger partial charge in [-0.3, -0.25) is 0 Å². The minimum Gasteiger partial charge on any atom is -0.478 e. The SMILES string of the molecule is C#CCCC#Cc1cc(C(=O)O)ccc1C(=O)O. The smallest absolute Gasteiger partial charge is 0.336 e. The molecule has 0 saturated heterocycles. The van der Waals surface area contributed by atoms with E-state index in [2.05, 4.69) is 17.8 Å². The van der Waals surface area contributed by atoms with Crippen molar-refractivity contribution in [3.05, 3.63) is 34.9 Å². The first-order chi connectivity index (χ1) is 8.56. The summed E-state index contributed by atoms with van der Waals surface area (Å²) in [4.78, 5) is 21.7. The van der Waals surface area contributed by atoms with Gasteiger partial charge in [0.05, 0.1) is 11.1 Å². The molecular weight excluding hydrogens is 232 g/mol. The number of unbranched alkanes of at least 4 members (excludes halogenated alkanes) is 1. The van der Waals surface area contributed by atoms with E-state index in [1.165, 1.54) is 18.2 Å². The highest BCUT2D eigenvalue weighted by Crippen LogP contribution is 2.11. The third-order valence-corrected chi connectivity index (χ3v) is 2.11. The Kier molecular flexibility index (Phi) is 4.54. The standard InChI is InChI=1S/C14H10O4/c1-2-3-4-5-6-10-9-11(13(15)16)7-8-12(10)14(17)18/h1,7-9H,3-4H2,(H,15,16)(H,17,18). The number of carboxylic acids is 2. The zero-order valence-electron chi connectivity index (χ0n) is 9.43. The van der Waals surface area contributed by atoms with Gasteiger partial charge in [-0.25, -0.2) is 9.59 Å². The Morgan fingerprint density at radius 3 is 2.44 bits per heavy atom. The van der Waals surface area contributed by atoms with E-state index in [1.807, 2.05) is 0 Å². The number of terminal acetylenes is 1. The van der Waals surface area contributed by atoms with Gasteiger partial charge in [0.2, 0.25) is 0 Å². The summed E-state index contributed by atoms with van der Waals surface area (Å²) < 4.78 is 0. The summed E-state index contributed by atoms with van der Waals surface area (Å²) in [5, 5.41) is 17.8. The molecule has 0 spiro atoms. The summed E-state index contributed by atoms with van der Waals surface area (Å²) in [6, 6.07) is 3.71. The van der Waals surface area contributed by atoms with E-state index in [0.29, 0.717) is 12.8 Å². The van der Waals surface area contributed by atoms with Crippen LogP contribution in [0.15, 0.2) is 18.2 Å². The Morgan fingerprint density at radius 2 is 1.89 bits per heavy atom. The highest BCUT2D eigenvalue weighted by atomic mass is 16.4. The molecule has 0 amide bonds. The van der Waals surface area contributed by atoms with E-state index in [1.54, 1.807) is 0 Å². The number of aromatic carboxylic acids is 2. The molecule has 0 fully saturated rings. The van der Waals surface area contributed by atoms with Crippen LogP contribution in [0.5, 0.6) is 0 Å². The molecule has 0 atom stereocenters. The highest BCUT2D eigenvalue weighted by molar-refractivity contribution is 5.94. The normalized spacial score (nSPS) is 8.83. The second-order valence-electron chi connectivity index (χ2n) is 3.38. The van der Waals surface area contributed by atoms with Crippen LogP contribution in [0, 0.1) is 24.2 Å². The molecule has 90 valence electrons. The van der Waals surface area contributed by atoms with Gasteiger partial charge in [-0.15, -0.1) is 12.3 Å². The molecule has 4 heteroatoms. The van der Waals surface area contributed by atoms with Crippen LogP contribution >= 0.6 is 0 Å². The van der Waals surface area contributed by atoms with Crippen molar-refractivity contribution in [3.63, 3.8) is 0 Å². The van der Waals surface area contributed by atoms with Crippen LogP contribution in [0.25, 0.3) is 0 Å². The fourth-order valence-corrected chi connectivity index (χ4v) is 1.26. The van der Waals surface area contributed by atoms with E-state index in [-0.39, 0.29) is 16.7 Å². The van der Waals surface area contributed by atoms with Crippen molar-refractivity contribution in [2.45, 2.75) is 12.8 Å². The first kappa shape index (κ1) is 13.3. The zero-order chi connectivity index (χ0) is 13.5. The molecular formula is C14H10O4. The minimum absolute atomic E-state index is 0.00116. The Morgan fingerprint density at radius 1 is 1.17 bits per heavy atom. The molecule has 1 rings (SSSR count). The van der Waals surface area contributed by atoms with Gasteiger partial charge >= 0.3 is 11.9 Å². The molecule has 2 N–H and O–H groups in total. The molecule has 0 bridgehead atoms. The lowest BCUT2D eigenvalue weighted by Crippen LogP contribution is -2.03. The van der Waals surface area contributed by atoms with Crippen molar-refractivity contribution >= 4 is 11.9 Å². The van der Waals surface area contributed by atoms with Gasteiger partial charge in [0.1, 0.15) is 0 Å². The average molecular weight is 242 g/mol. The second kappa shape index (κ2) is 6.12. The largest absolute Gasteiger partial charge is 0.478 e. The van der Waals surface area contributed by atoms with Gasteiger partial charge in [-0.2, -0.15) is 0 Å². The number of rotatable bonds is 3. The van der Waals surface area contributed by atoms with Crippen LogP contribution in [0.4, 0.5) is 0 Å². The second-order valence-corrected chi connectivity index (χ2v) is 3.38. The summed E-state index contributed by atoms with van der Waals surface area (Å²) >= 11 is 0. The Balaban J connectivity index is 3.15. The first-order valence-electron chi connectivity index (χ1n) is 5.09. The first-order valence-corrected chi connectivity index (χ1v) is 5.09. The topological polar surface area (TPSA) is 74.6 Å². The van der Waals surface area contributed by atoms with Gasteiger partial charge in [0.15, 0.2) is 0 Å². The third-order valence-electron chi connectivity index (χ3n) is 2.11. The fourth-order valence-electron chi connectivity index (χ4n) is 1.26. The lowest BCUT2D eigenvalue weighted by atomic mass is 10.0. The number of hydrogen-bond acceptors (Lipinski definition) is 2. The molecule has 4 nitrogen and oxygen atoms in total. The molecule has 0 unspecified atom stereocenters. The highest BCUT2D eigenvalue weighted by Gasteiger charge is 2.11. The van der Waals surface area contributed by atoms with E-state index in [4.69, 9.17) is 16.6 Å². The number of benzene rings is 1. The molecule has 18 heavy (non-hydrogen) atoms. The molecule has 0 aliphatic carbocycles. The number of carbonyl (C=O) groups is 2. The van der Waals surface area contributed by atoms with Gasteiger partial charge in [0, 0.05) is 18.4 Å². The monoisotopic (exact) mass is 242 g/mol. The predicted octanol–water partition coefficient (Wildman–Crippen LogP) is 1.85. The average Bonchev–Trinajstić information content (AvgIpc) is 2.34. The molecule has 0 aromatic heterocycles. The lowest BCUT2D eigenvalue weighted by molar-refractivity contribution is 0.0681. The summed E-state index contributed by atoms with van der Waals surface area (Å²) in [6.45, 7) is 0. The Labute approximate surface area is 104 Å². The van der Waals surface area contributed by atoms with Gasteiger partial charge < -0.3 is 10.2 Å². The van der Waals surface area contributed by atoms with E-state index >= 15 is 0 Å². The molecule has 1 aromatic carbocycles. The van der Waals surface area contributed by atoms with Crippen LogP contribution in [0.1, 0.15) is 39.1 Å². The molecule has 0 aliphatic heterocycles. The number of carboxylic acid groups (broad SMARTS) is 2. The zero-order valence-corrected chi connectivity index (χ0v) is 9.43. The summed E-state index contributed by atoms with van der Waals surface area (Å²) in [7, 11) is 0. The fraction of sp³-hybridized carbons (Fsp3) is 0.143. The van der Waals surface area contributed by atoms with Crippen molar-refractivity contribution in [1.82, 2.24) is 0 Å². The van der Waals surface area contributed by atoms with Crippen LogP contribution in [0.2, 0.25) is 0 Å². The maximum absolute atomic E-state index is 10.9. The summed E-state index contributed by atoms with van der Waals surface area (Å²) in [6.07, 6.45) is 5.96. The molecule has 1 aromatic rings. The maximum Gasteiger partial charge on any atom is 0.336 e. The Hall–Kier alpha value is -2.72. The van der Waals surface area contributed by atoms with Crippen LogP contribution in [0.3, 0.4) is 0 Å². The van der Waals surface area contributed by atoms with Crippen molar-refractivity contribution in [1.29, 1.82) is 0 Å². The minimum atomic E-state index is -1.15. The molecule has 0 radical (unpaired) electrons.